The fourth-order valence-electron chi connectivity index (χ4n) is 2.09. The van der Waals surface area contributed by atoms with Crippen molar-refractivity contribution in [3.63, 3.8) is 0 Å². The van der Waals surface area contributed by atoms with Gasteiger partial charge in [-0.3, -0.25) is 4.98 Å². The van der Waals surface area contributed by atoms with Crippen LogP contribution in [-0.2, 0) is 6.42 Å². The number of nitrogens with one attached hydrogen (secondary N) is 1. The van der Waals surface area contributed by atoms with Gasteiger partial charge in [0.05, 0.1) is 0 Å². The molecule has 0 aliphatic carbocycles. The fourth-order valence-corrected chi connectivity index (χ4v) is 2.09. The lowest BCUT2D eigenvalue weighted by atomic mass is 10.1. The summed E-state index contributed by atoms with van der Waals surface area (Å²) >= 11 is 0. The minimum Gasteiger partial charge on any atom is -0.373 e. The van der Waals surface area contributed by atoms with Gasteiger partial charge < -0.3 is 5.32 Å². The van der Waals surface area contributed by atoms with Crippen molar-refractivity contribution in [2.24, 2.45) is 0 Å². The van der Waals surface area contributed by atoms with Crippen molar-refractivity contribution in [3.8, 4) is 0 Å². The van der Waals surface area contributed by atoms with Crippen LogP contribution in [0.2, 0.25) is 0 Å². The van der Waals surface area contributed by atoms with Gasteiger partial charge in [0.1, 0.15) is 5.82 Å². The summed E-state index contributed by atoms with van der Waals surface area (Å²) in [6.45, 7) is 14.4. The third-order valence-electron chi connectivity index (χ3n) is 3.11. The highest BCUT2D eigenvalue weighted by Crippen LogP contribution is 2.10. The number of aryl methyl sites for hydroxylation is 5. The Labute approximate surface area is 136 Å². The maximum Gasteiger partial charge on any atom is 0.128 e. The molecule has 0 aliphatic rings. The highest BCUT2D eigenvalue weighted by atomic mass is 15.0. The number of anilines is 1. The summed E-state index contributed by atoms with van der Waals surface area (Å²) in [5, 5.41) is 3.01. The van der Waals surface area contributed by atoms with Crippen LogP contribution < -0.4 is 5.32 Å². The van der Waals surface area contributed by atoms with E-state index >= 15 is 0 Å². The van der Waals surface area contributed by atoms with Crippen LogP contribution in [0.1, 0.15) is 48.7 Å². The Kier molecular flexibility index (Phi) is 9.84. The van der Waals surface area contributed by atoms with Crippen molar-refractivity contribution in [1.29, 1.82) is 0 Å². The topological polar surface area (TPSA) is 37.8 Å². The number of pyridine rings is 2. The first kappa shape index (κ1) is 20.1. The lowest BCUT2D eigenvalue weighted by molar-refractivity contribution is 0.999. The molecule has 0 atom stereocenters. The van der Waals surface area contributed by atoms with Crippen molar-refractivity contribution in [2.75, 3.05) is 12.4 Å². The van der Waals surface area contributed by atoms with Gasteiger partial charge in [-0.25, -0.2) is 4.98 Å². The van der Waals surface area contributed by atoms with Gasteiger partial charge in [-0.1, -0.05) is 32.9 Å². The third kappa shape index (κ3) is 6.70. The zero-order valence-corrected chi connectivity index (χ0v) is 15.4. The predicted octanol–water partition coefficient (Wildman–Crippen LogP) is 5.03. The number of hydrogen-bond donors (Lipinski definition) is 1. The molecule has 3 nitrogen and oxygen atoms in total. The van der Waals surface area contributed by atoms with Crippen LogP contribution >= 0.6 is 0 Å². The van der Waals surface area contributed by atoms with E-state index in [1.807, 2.05) is 47.1 Å². The lowest BCUT2D eigenvalue weighted by Crippen LogP contribution is -1.94. The van der Waals surface area contributed by atoms with E-state index in [1.165, 1.54) is 27.9 Å². The second-order valence-electron chi connectivity index (χ2n) is 5.06. The van der Waals surface area contributed by atoms with Gasteiger partial charge in [0.25, 0.3) is 0 Å². The molecule has 2 rings (SSSR count). The molecule has 0 aromatic carbocycles. The van der Waals surface area contributed by atoms with E-state index in [1.54, 1.807) is 0 Å². The zero-order chi connectivity index (χ0) is 17.1. The van der Waals surface area contributed by atoms with E-state index in [-0.39, 0.29) is 0 Å². The van der Waals surface area contributed by atoms with E-state index in [2.05, 4.69) is 48.2 Å². The molecule has 0 bridgehead atoms. The van der Waals surface area contributed by atoms with Gasteiger partial charge in [0.2, 0.25) is 0 Å². The molecular formula is C19H31N3. The third-order valence-corrected chi connectivity index (χ3v) is 3.11. The number of hydrogen-bond acceptors (Lipinski definition) is 3. The largest absolute Gasteiger partial charge is 0.373 e. The van der Waals surface area contributed by atoms with Crippen molar-refractivity contribution < 1.29 is 0 Å². The van der Waals surface area contributed by atoms with E-state index in [0.29, 0.717) is 0 Å². The maximum atomic E-state index is 4.30. The van der Waals surface area contributed by atoms with Crippen LogP contribution in [-0.4, -0.2) is 17.0 Å². The first-order valence-electron chi connectivity index (χ1n) is 8.01. The Morgan fingerprint density at radius 2 is 1.36 bits per heavy atom. The Hall–Kier alpha value is -1.90. The molecule has 0 unspecified atom stereocenters. The summed E-state index contributed by atoms with van der Waals surface area (Å²) < 4.78 is 0. The summed E-state index contributed by atoms with van der Waals surface area (Å²) in [6, 6.07) is 4.28. The zero-order valence-electron chi connectivity index (χ0n) is 15.4. The van der Waals surface area contributed by atoms with Gasteiger partial charge in [-0.2, -0.15) is 0 Å². The smallest absolute Gasteiger partial charge is 0.128 e. The minimum absolute atomic E-state index is 0.964. The molecule has 0 radical (unpaired) electrons. The minimum atomic E-state index is 0.964. The lowest BCUT2D eigenvalue weighted by Gasteiger charge is -2.02. The molecule has 0 saturated carbocycles. The first-order valence-corrected chi connectivity index (χ1v) is 8.01. The number of nitrogens with zero attached hydrogens (tertiary/aromatic N) is 2. The Morgan fingerprint density at radius 3 is 1.77 bits per heavy atom. The van der Waals surface area contributed by atoms with Crippen LogP contribution in [0.5, 0.6) is 0 Å². The van der Waals surface area contributed by atoms with Gasteiger partial charge in [0.15, 0.2) is 0 Å². The molecule has 122 valence electrons. The maximum absolute atomic E-state index is 4.30. The predicted molar refractivity (Wildman–Crippen MR) is 97.7 cm³/mol. The standard InChI is InChI=1S/C9H13N.C8H12N2.C2H6/c1-4-9-8(3)5-7(2)6-10-9;1-6-4-7(2)8(9-3)10-5-6;1-2/h5-6H,4H2,1-3H3;4-5H,1-3H3,(H,9,10);1-2H3. The molecule has 22 heavy (non-hydrogen) atoms. The summed E-state index contributed by atoms with van der Waals surface area (Å²) in [5.74, 6) is 0.964. The summed E-state index contributed by atoms with van der Waals surface area (Å²) in [6.07, 6.45) is 4.82. The van der Waals surface area contributed by atoms with Gasteiger partial charge in [-0.05, 0) is 56.4 Å². The first-order chi connectivity index (χ1) is 10.5. The van der Waals surface area contributed by atoms with Crippen LogP contribution in [0.4, 0.5) is 5.82 Å². The second-order valence-corrected chi connectivity index (χ2v) is 5.06. The molecule has 0 spiro atoms. The van der Waals surface area contributed by atoms with Crippen LogP contribution in [0, 0.1) is 27.7 Å². The summed E-state index contributed by atoms with van der Waals surface area (Å²) in [7, 11) is 1.88. The second kappa shape index (κ2) is 10.8. The Bertz CT molecular complexity index is 511. The fraction of sp³-hybridized carbons (Fsp3) is 0.474. The molecule has 2 aromatic rings. The van der Waals surface area contributed by atoms with E-state index in [0.717, 1.165) is 12.2 Å². The number of rotatable bonds is 2. The highest BCUT2D eigenvalue weighted by molar-refractivity contribution is 5.43. The Balaban J connectivity index is 0.000000360. The van der Waals surface area contributed by atoms with Crippen LogP contribution in [0.3, 0.4) is 0 Å². The van der Waals surface area contributed by atoms with Crippen molar-refractivity contribution >= 4 is 5.82 Å². The van der Waals surface area contributed by atoms with E-state index in [9.17, 15) is 0 Å². The average molecular weight is 301 g/mol. The molecule has 2 heterocycles. The molecule has 0 saturated heterocycles. The molecule has 0 amide bonds. The van der Waals surface area contributed by atoms with Crippen molar-refractivity contribution in [2.45, 2.75) is 54.9 Å². The SMILES string of the molecule is CC.CCc1ncc(C)cc1C.CNc1ncc(C)cc1C. The van der Waals surface area contributed by atoms with Gasteiger partial charge in [-0.15, -0.1) is 0 Å². The van der Waals surface area contributed by atoms with Crippen molar-refractivity contribution in [3.05, 3.63) is 52.5 Å². The summed E-state index contributed by atoms with van der Waals surface area (Å²) in [4.78, 5) is 8.48. The van der Waals surface area contributed by atoms with E-state index < -0.39 is 0 Å². The average Bonchev–Trinajstić information content (AvgIpc) is 2.50. The van der Waals surface area contributed by atoms with Crippen LogP contribution in [0.25, 0.3) is 0 Å². The molecule has 3 heteroatoms. The number of aromatic nitrogens is 2. The molecule has 0 aliphatic heterocycles. The van der Waals surface area contributed by atoms with Crippen LogP contribution in [0.15, 0.2) is 24.5 Å². The molecule has 1 N–H and O–H groups in total. The quantitative estimate of drug-likeness (QED) is 0.845. The molecule has 2 aromatic heterocycles. The van der Waals surface area contributed by atoms with Crippen molar-refractivity contribution in [1.82, 2.24) is 9.97 Å². The van der Waals surface area contributed by atoms with E-state index in [4.69, 9.17) is 0 Å². The molecule has 0 fully saturated rings. The van der Waals surface area contributed by atoms with Gasteiger partial charge >= 0.3 is 0 Å². The molecular weight excluding hydrogens is 270 g/mol. The van der Waals surface area contributed by atoms with Gasteiger partial charge in [0, 0.05) is 25.1 Å². The highest BCUT2D eigenvalue weighted by Gasteiger charge is 1.95. The summed E-state index contributed by atoms with van der Waals surface area (Å²) in [5.41, 5.74) is 6.17. The Morgan fingerprint density at radius 1 is 0.864 bits per heavy atom. The monoisotopic (exact) mass is 301 g/mol. The normalized spacial score (nSPS) is 9.09.